The maximum Gasteiger partial charge on any atom is 0.159 e. The molecule has 0 radical (unpaired) electrons. The summed E-state index contributed by atoms with van der Waals surface area (Å²) in [6.07, 6.45) is 7.85. The van der Waals surface area contributed by atoms with Crippen LogP contribution in [0.25, 0.3) is 0 Å². The molecule has 0 aromatic heterocycles. The minimum absolute atomic E-state index is 0.303. The van der Waals surface area contributed by atoms with Crippen LogP contribution in [-0.2, 0) is 0 Å². The third-order valence-electron chi connectivity index (χ3n) is 5.50. The van der Waals surface area contributed by atoms with Crippen LogP contribution in [0.4, 0.5) is 8.78 Å². The van der Waals surface area contributed by atoms with E-state index in [0.717, 1.165) is 30.2 Å². The van der Waals surface area contributed by atoms with Crippen molar-refractivity contribution >= 4 is 9.52 Å². The van der Waals surface area contributed by atoms with Crippen LogP contribution in [-0.4, -0.2) is 9.52 Å². The summed E-state index contributed by atoms with van der Waals surface area (Å²) >= 11 is 0. The Morgan fingerprint density at radius 3 is 2.10 bits per heavy atom. The van der Waals surface area contributed by atoms with E-state index in [0.29, 0.717) is 15.4 Å². The van der Waals surface area contributed by atoms with E-state index in [9.17, 15) is 8.78 Å². The SMILES string of the molecule is Fc1ccc([C@H]2CC[C@H](C3CC[SiH2]CC3)CC2)cc1F. The van der Waals surface area contributed by atoms with Gasteiger partial charge in [-0.25, -0.2) is 8.78 Å². The monoisotopic (exact) mass is 294 g/mol. The summed E-state index contributed by atoms with van der Waals surface area (Å²) < 4.78 is 26.3. The first-order valence-corrected chi connectivity index (χ1v) is 10.2. The third-order valence-corrected chi connectivity index (χ3v) is 7.32. The molecule has 1 saturated heterocycles. The quantitative estimate of drug-likeness (QED) is 0.696. The Morgan fingerprint density at radius 2 is 1.45 bits per heavy atom. The molecule has 0 amide bonds. The summed E-state index contributed by atoms with van der Waals surface area (Å²) in [5.74, 6) is 0.906. The zero-order chi connectivity index (χ0) is 13.9. The van der Waals surface area contributed by atoms with Crippen molar-refractivity contribution in [1.82, 2.24) is 0 Å². The average molecular weight is 294 g/mol. The Bertz CT molecular complexity index is 446. The summed E-state index contributed by atoms with van der Waals surface area (Å²) in [5, 5.41) is 0. The molecule has 1 aliphatic carbocycles. The Hall–Kier alpha value is -0.703. The van der Waals surface area contributed by atoms with Gasteiger partial charge in [0.25, 0.3) is 0 Å². The van der Waals surface area contributed by atoms with Gasteiger partial charge in [0.05, 0.1) is 0 Å². The number of rotatable bonds is 2. The maximum atomic E-state index is 13.3. The second-order valence-electron chi connectivity index (χ2n) is 6.68. The van der Waals surface area contributed by atoms with Crippen molar-refractivity contribution in [2.75, 3.05) is 0 Å². The highest BCUT2D eigenvalue weighted by Gasteiger charge is 2.29. The highest BCUT2D eigenvalue weighted by atomic mass is 28.2. The zero-order valence-corrected chi connectivity index (χ0v) is 13.5. The average Bonchev–Trinajstić information content (AvgIpc) is 2.51. The first-order valence-electron chi connectivity index (χ1n) is 8.19. The van der Waals surface area contributed by atoms with Gasteiger partial charge in [0, 0.05) is 9.52 Å². The number of hydrogen-bond donors (Lipinski definition) is 0. The molecule has 3 heteroatoms. The van der Waals surface area contributed by atoms with Crippen molar-refractivity contribution in [1.29, 1.82) is 0 Å². The van der Waals surface area contributed by atoms with Crippen LogP contribution < -0.4 is 0 Å². The van der Waals surface area contributed by atoms with Crippen molar-refractivity contribution in [3.8, 4) is 0 Å². The first kappa shape index (κ1) is 14.2. The molecule has 0 unspecified atom stereocenters. The molecule has 2 aliphatic rings. The van der Waals surface area contributed by atoms with E-state index in [1.165, 1.54) is 37.8 Å². The number of benzene rings is 1. The minimum atomic E-state index is -0.728. The molecule has 0 atom stereocenters. The fraction of sp³-hybridized carbons (Fsp3) is 0.647. The van der Waals surface area contributed by atoms with Crippen molar-refractivity contribution < 1.29 is 8.78 Å². The second kappa shape index (κ2) is 6.38. The largest absolute Gasteiger partial charge is 0.204 e. The molecule has 0 N–H and O–H groups in total. The van der Waals surface area contributed by atoms with Gasteiger partial charge in [0.15, 0.2) is 11.6 Å². The molecule has 20 heavy (non-hydrogen) atoms. The summed E-state index contributed by atoms with van der Waals surface area (Å²) in [6, 6.07) is 7.56. The highest BCUT2D eigenvalue weighted by Crippen LogP contribution is 2.42. The van der Waals surface area contributed by atoms with Crippen LogP contribution in [0.1, 0.15) is 50.0 Å². The van der Waals surface area contributed by atoms with Gasteiger partial charge in [-0.3, -0.25) is 0 Å². The van der Waals surface area contributed by atoms with Gasteiger partial charge < -0.3 is 0 Å². The topological polar surface area (TPSA) is 0 Å². The van der Waals surface area contributed by atoms with Crippen molar-refractivity contribution in [2.45, 2.75) is 56.5 Å². The van der Waals surface area contributed by atoms with Crippen molar-refractivity contribution in [3.05, 3.63) is 35.4 Å². The Balaban J connectivity index is 1.58. The van der Waals surface area contributed by atoms with Gasteiger partial charge in [0.1, 0.15) is 0 Å². The fourth-order valence-electron chi connectivity index (χ4n) is 4.30. The van der Waals surface area contributed by atoms with Crippen LogP contribution >= 0.6 is 0 Å². The van der Waals surface area contributed by atoms with Gasteiger partial charge in [-0.05, 0) is 61.1 Å². The third kappa shape index (κ3) is 3.13. The second-order valence-corrected chi connectivity index (χ2v) is 8.80. The van der Waals surface area contributed by atoms with E-state index >= 15 is 0 Å². The summed E-state index contributed by atoms with van der Waals surface area (Å²) in [6.45, 7) is 0. The van der Waals surface area contributed by atoms with Gasteiger partial charge in [-0.2, -0.15) is 0 Å². The lowest BCUT2D eigenvalue weighted by molar-refractivity contribution is 0.217. The first-order chi connectivity index (χ1) is 9.74. The van der Waals surface area contributed by atoms with Gasteiger partial charge in [0.2, 0.25) is 0 Å². The molecule has 0 spiro atoms. The van der Waals surface area contributed by atoms with Crippen LogP contribution in [0.5, 0.6) is 0 Å². The van der Waals surface area contributed by atoms with E-state index in [2.05, 4.69) is 0 Å². The molecule has 2 fully saturated rings. The summed E-state index contributed by atoms with van der Waals surface area (Å²) in [5.41, 5.74) is 0.999. The van der Waals surface area contributed by atoms with Gasteiger partial charge in [-0.1, -0.05) is 31.0 Å². The van der Waals surface area contributed by atoms with E-state index in [4.69, 9.17) is 0 Å². The van der Waals surface area contributed by atoms with Gasteiger partial charge in [-0.15, -0.1) is 0 Å². The molecule has 1 aromatic carbocycles. The molecular weight excluding hydrogens is 270 g/mol. The lowest BCUT2D eigenvalue weighted by Gasteiger charge is -2.36. The van der Waals surface area contributed by atoms with Crippen molar-refractivity contribution in [3.63, 3.8) is 0 Å². The maximum absolute atomic E-state index is 13.3. The van der Waals surface area contributed by atoms with E-state index in [-0.39, 0.29) is 0 Å². The van der Waals surface area contributed by atoms with E-state index < -0.39 is 11.6 Å². The normalized spacial score (nSPS) is 32.4. The van der Waals surface area contributed by atoms with E-state index in [1.54, 1.807) is 18.2 Å². The fourth-order valence-corrected chi connectivity index (χ4v) is 6.28. The lowest BCUT2D eigenvalue weighted by atomic mass is 9.72. The summed E-state index contributed by atoms with van der Waals surface area (Å²) in [7, 11) is 0.303. The highest BCUT2D eigenvalue weighted by molar-refractivity contribution is 6.35. The molecule has 0 bridgehead atoms. The predicted molar refractivity (Wildman–Crippen MR) is 81.9 cm³/mol. The van der Waals surface area contributed by atoms with Crippen LogP contribution in [0.15, 0.2) is 18.2 Å². The molecule has 1 aliphatic heterocycles. The Kier molecular flexibility index (Phi) is 4.54. The number of halogens is 2. The molecule has 1 saturated carbocycles. The molecule has 3 rings (SSSR count). The standard InChI is InChI=1S/C17H24F2Si/c18-16-6-5-15(11-17(16)19)13-3-1-12(2-4-13)14-7-9-20-10-8-14/h5-6,11-14H,1-4,7-10,20H2/t12-,13-. The lowest BCUT2D eigenvalue weighted by Crippen LogP contribution is -2.24. The molecule has 1 aromatic rings. The molecule has 1 heterocycles. The van der Waals surface area contributed by atoms with E-state index in [1.807, 2.05) is 0 Å². The van der Waals surface area contributed by atoms with Gasteiger partial charge >= 0.3 is 0 Å². The molecule has 0 nitrogen and oxygen atoms in total. The molecular formula is C17H24F2Si. The van der Waals surface area contributed by atoms with Crippen LogP contribution in [0.2, 0.25) is 12.1 Å². The smallest absolute Gasteiger partial charge is 0.159 e. The van der Waals surface area contributed by atoms with Crippen LogP contribution in [0, 0.1) is 23.5 Å². The predicted octanol–water partition coefficient (Wildman–Crippen LogP) is 4.65. The van der Waals surface area contributed by atoms with Crippen molar-refractivity contribution in [2.24, 2.45) is 11.8 Å². The summed E-state index contributed by atoms with van der Waals surface area (Å²) in [4.78, 5) is 0. The number of hydrogen-bond acceptors (Lipinski definition) is 0. The molecule has 110 valence electrons. The zero-order valence-electron chi connectivity index (χ0n) is 12.1. The Labute approximate surface area is 122 Å². The van der Waals surface area contributed by atoms with Crippen LogP contribution in [0.3, 0.4) is 0 Å². The Morgan fingerprint density at radius 1 is 0.800 bits per heavy atom. The minimum Gasteiger partial charge on any atom is -0.204 e.